The Morgan fingerprint density at radius 3 is 2.08 bits per heavy atom. The van der Waals surface area contributed by atoms with Gasteiger partial charge in [-0.05, 0) is 24.3 Å². The van der Waals surface area contributed by atoms with Gasteiger partial charge in [-0.3, -0.25) is 0 Å². The summed E-state index contributed by atoms with van der Waals surface area (Å²) in [6.07, 6.45) is 0. The summed E-state index contributed by atoms with van der Waals surface area (Å²) in [4.78, 5) is 1.48. The molecule has 1 N–H and O–H groups in total. The highest BCUT2D eigenvalue weighted by atomic mass is 32.2. The van der Waals surface area contributed by atoms with Gasteiger partial charge in [0.05, 0.1) is 10.6 Å². The SMILES string of the molecule is O=S(=O)(c1ccc(F)cc1)N1CCN(c2cc(F)c(O)cc2F)CC1. The van der Waals surface area contributed by atoms with Gasteiger partial charge >= 0.3 is 0 Å². The molecule has 2 aromatic rings. The number of sulfonamides is 1. The number of phenolic OH excluding ortho intramolecular Hbond substituents is 1. The van der Waals surface area contributed by atoms with Crippen LogP contribution in [0.1, 0.15) is 0 Å². The predicted octanol–water partition coefficient (Wildman–Crippen LogP) is 2.32. The van der Waals surface area contributed by atoms with Gasteiger partial charge in [-0.15, -0.1) is 0 Å². The first kappa shape index (κ1) is 17.6. The summed E-state index contributed by atoms with van der Waals surface area (Å²) in [7, 11) is -3.78. The van der Waals surface area contributed by atoms with Gasteiger partial charge in [-0.1, -0.05) is 0 Å². The van der Waals surface area contributed by atoms with Crippen LogP contribution < -0.4 is 4.90 Å². The maximum atomic E-state index is 13.9. The smallest absolute Gasteiger partial charge is 0.243 e. The zero-order valence-corrected chi connectivity index (χ0v) is 13.8. The molecule has 0 atom stereocenters. The maximum absolute atomic E-state index is 13.9. The maximum Gasteiger partial charge on any atom is 0.243 e. The molecule has 5 nitrogen and oxygen atoms in total. The first-order valence-electron chi connectivity index (χ1n) is 7.48. The first-order chi connectivity index (χ1) is 11.8. The average molecular weight is 372 g/mol. The molecule has 0 spiro atoms. The first-order valence-corrected chi connectivity index (χ1v) is 8.92. The molecule has 1 aliphatic rings. The lowest BCUT2D eigenvalue weighted by Crippen LogP contribution is -2.48. The second-order valence-corrected chi connectivity index (χ2v) is 7.54. The fraction of sp³-hybridized carbons (Fsp3) is 0.250. The molecule has 1 heterocycles. The van der Waals surface area contributed by atoms with Crippen LogP contribution in [0.3, 0.4) is 0 Å². The van der Waals surface area contributed by atoms with E-state index in [-0.39, 0.29) is 36.8 Å². The Morgan fingerprint density at radius 1 is 0.880 bits per heavy atom. The summed E-state index contributed by atoms with van der Waals surface area (Å²) in [5, 5.41) is 9.17. The quantitative estimate of drug-likeness (QED) is 0.898. The Kier molecular flexibility index (Phi) is 4.61. The Bertz CT molecular complexity index is 880. The number of phenols is 1. The van der Waals surface area contributed by atoms with Crippen molar-refractivity contribution in [1.82, 2.24) is 4.31 Å². The van der Waals surface area contributed by atoms with Gasteiger partial charge in [0.15, 0.2) is 11.6 Å². The molecule has 2 aromatic carbocycles. The molecule has 1 fully saturated rings. The molecule has 25 heavy (non-hydrogen) atoms. The second kappa shape index (κ2) is 6.57. The Balaban J connectivity index is 1.76. The molecule has 0 radical (unpaired) electrons. The fourth-order valence-electron chi connectivity index (χ4n) is 2.69. The number of hydrogen-bond donors (Lipinski definition) is 1. The molecule has 0 bridgehead atoms. The predicted molar refractivity (Wildman–Crippen MR) is 85.4 cm³/mol. The van der Waals surface area contributed by atoms with Gasteiger partial charge in [0.1, 0.15) is 11.6 Å². The molecule has 0 aliphatic carbocycles. The zero-order chi connectivity index (χ0) is 18.2. The van der Waals surface area contributed by atoms with E-state index in [4.69, 9.17) is 5.11 Å². The van der Waals surface area contributed by atoms with E-state index < -0.39 is 33.2 Å². The highest BCUT2D eigenvalue weighted by Crippen LogP contribution is 2.28. The topological polar surface area (TPSA) is 60.9 Å². The molecule has 0 aromatic heterocycles. The van der Waals surface area contributed by atoms with Crippen LogP contribution in [0.5, 0.6) is 5.75 Å². The van der Waals surface area contributed by atoms with E-state index in [1.165, 1.54) is 21.3 Å². The Hall–Kier alpha value is -2.26. The lowest BCUT2D eigenvalue weighted by atomic mass is 10.2. The van der Waals surface area contributed by atoms with E-state index in [1.807, 2.05) is 0 Å². The third-order valence-electron chi connectivity index (χ3n) is 4.05. The minimum Gasteiger partial charge on any atom is -0.505 e. The number of rotatable bonds is 3. The molecule has 0 saturated carbocycles. The van der Waals surface area contributed by atoms with E-state index in [1.54, 1.807) is 0 Å². The van der Waals surface area contributed by atoms with Crippen molar-refractivity contribution in [2.75, 3.05) is 31.1 Å². The molecule has 0 unspecified atom stereocenters. The normalized spacial score (nSPS) is 16.2. The molecule has 9 heteroatoms. The minimum absolute atomic E-state index is 0.0239. The highest BCUT2D eigenvalue weighted by Gasteiger charge is 2.29. The molecule has 3 rings (SSSR count). The van der Waals surface area contributed by atoms with E-state index in [2.05, 4.69) is 0 Å². The summed E-state index contributed by atoms with van der Waals surface area (Å²) >= 11 is 0. The van der Waals surface area contributed by atoms with Crippen molar-refractivity contribution in [2.45, 2.75) is 4.90 Å². The van der Waals surface area contributed by atoms with Crippen LogP contribution >= 0.6 is 0 Å². The molecular formula is C16H15F3N2O3S. The standard InChI is InChI=1S/C16H15F3N2O3S/c17-11-1-3-12(4-2-11)25(23,24)21-7-5-20(6-8-21)15-9-14(19)16(22)10-13(15)18/h1-4,9-10,22H,5-8H2. The van der Waals surface area contributed by atoms with Crippen molar-refractivity contribution in [3.8, 4) is 5.75 Å². The summed E-state index contributed by atoms with van der Waals surface area (Å²) in [5.41, 5.74) is -0.0332. The Labute approximate surface area is 143 Å². The van der Waals surface area contributed by atoms with Crippen LogP contribution in [0.25, 0.3) is 0 Å². The zero-order valence-electron chi connectivity index (χ0n) is 13.0. The summed E-state index contributed by atoms with van der Waals surface area (Å²) < 4.78 is 66.6. The number of anilines is 1. The lowest BCUT2D eigenvalue weighted by molar-refractivity contribution is 0.381. The monoisotopic (exact) mass is 372 g/mol. The molecule has 1 saturated heterocycles. The second-order valence-electron chi connectivity index (χ2n) is 5.60. The molecule has 134 valence electrons. The van der Waals surface area contributed by atoms with Crippen LogP contribution in [0.15, 0.2) is 41.3 Å². The minimum atomic E-state index is -3.78. The number of piperazine rings is 1. The van der Waals surface area contributed by atoms with E-state index >= 15 is 0 Å². The molecule has 0 amide bonds. The van der Waals surface area contributed by atoms with Crippen molar-refractivity contribution in [1.29, 1.82) is 0 Å². The summed E-state index contributed by atoms with van der Waals surface area (Å²) in [6.45, 7) is 0.451. The summed E-state index contributed by atoms with van der Waals surface area (Å²) in [6, 6.07) is 6.08. The van der Waals surface area contributed by atoms with Crippen molar-refractivity contribution in [2.24, 2.45) is 0 Å². The lowest BCUT2D eigenvalue weighted by Gasteiger charge is -2.35. The van der Waals surface area contributed by atoms with Gasteiger partial charge in [0, 0.05) is 38.3 Å². The average Bonchev–Trinajstić information content (AvgIpc) is 2.59. The van der Waals surface area contributed by atoms with Crippen molar-refractivity contribution < 1.29 is 26.7 Å². The van der Waals surface area contributed by atoms with Crippen molar-refractivity contribution >= 4 is 15.7 Å². The number of hydrogen-bond acceptors (Lipinski definition) is 4. The fourth-order valence-corrected chi connectivity index (χ4v) is 4.12. The Morgan fingerprint density at radius 2 is 1.48 bits per heavy atom. The third kappa shape index (κ3) is 3.42. The van der Waals surface area contributed by atoms with Gasteiger partial charge in [0.2, 0.25) is 10.0 Å². The van der Waals surface area contributed by atoms with E-state index in [0.29, 0.717) is 6.07 Å². The largest absolute Gasteiger partial charge is 0.505 e. The van der Waals surface area contributed by atoms with Crippen LogP contribution in [0.4, 0.5) is 18.9 Å². The van der Waals surface area contributed by atoms with Gasteiger partial charge in [-0.2, -0.15) is 4.31 Å². The van der Waals surface area contributed by atoms with Crippen LogP contribution in [-0.4, -0.2) is 44.0 Å². The van der Waals surface area contributed by atoms with E-state index in [9.17, 15) is 21.6 Å². The number of nitrogens with zero attached hydrogens (tertiary/aromatic N) is 2. The van der Waals surface area contributed by atoms with Crippen LogP contribution in [0, 0.1) is 17.5 Å². The number of benzene rings is 2. The van der Waals surface area contributed by atoms with E-state index in [0.717, 1.165) is 18.2 Å². The molecule has 1 aliphatic heterocycles. The van der Waals surface area contributed by atoms with Gasteiger partial charge in [-0.25, -0.2) is 21.6 Å². The van der Waals surface area contributed by atoms with Crippen LogP contribution in [0.2, 0.25) is 0 Å². The van der Waals surface area contributed by atoms with Gasteiger partial charge < -0.3 is 10.0 Å². The number of aromatic hydroxyl groups is 1. The van der Waals surface area contributed by atoms with Crippen molar-refractivity contribution in [3.63, 3.8) is 0 Å². The number of halogens is 3. The van der Waals surface area contributed by atoms with Gasteiger partial charge in [0.25, 0.3) is 0 Å². The highest BCUT2D eigenvalue weighted by molar-refractivity contribution is 7.89. The molecular weight excluding hydrogens is 357 g/mol. The van der Waals surface area contributed by atoms with Crippen LogP contribution in [-0.2, 0) is 10.0 Å². The third-order valence-corrected chi connectivity index (χ3v) is 5.96. The van der Waals surface area contributed by atoms with Crippen molar-refractivity contribution in [3.05, 3.63) is 53.8 Å². The summed E-state index contributed by atoms with van der Waals surface area (Å²) in [5.74, 6) is -3.04.